The topological polar surface area (TPSA) is 69.7 Å². The van der Waals surface area contributed by atoms with E-state index in [0.29, 0.717) is 29.0 Å². The summed E-state index contributed by atoms with van der Waals surface area (Å²) in [5.74, 6) is 0.703. The van der Waals surface area contributed by atoms with E-state index in [9.17, 15) is 4.39 Å². The van der Waals surface area contributed by atoms with Gasteiger partial charge in [0.1, 0.15) is 5.65 Å². The van der Waals surface area contributed by atoms with E-state index in [1.54, 1.807) is 18.5 Å². The van der Waals surface area contributed by atoms with E-state index in [1.807, 2.05) is 0 Å². The monoisotopic (exact) mass is 374 g/mol. The summed E-state index contributed by atoms with van der Waals surface area (Å²) < 4.78 is 14.2. The van der Waals surface area contributed by atoms with Crippen molar-refractivity contribution >= 4 is 28.5 Å². The Labute approximate surface area is 155 Å². The van der Waals surface area contributed by atoms with Crippen LogP contribution in [0.1, 0.15) is 12.8 Å². The average molecular weight is 375 g/mol. The molecule has 4 heterocycles. The zero-order chi connectivity index (χ0) is 18.1. The standard InChI is InChI=1S/C18H20ClFN6/c1-26-4-2-3-11(10-26)6-21-18-15(20)9-24-17(25-18)14-8-23-16-13(14)5-12(19)7-22-16/h5,7-9,11H,2-4,6,10H2,1H3,(H,22,23)(H,21,24,25). The van der Waals surface area contributed by atoms with Crippen LogP contribution in [-0.2, 0) is 0 Å². The van der Waals surface area contributed by atoms with Crippen LogP contribution in [0.4, 0.5) is 10.2 Å². The number of hydrogen-bond acceptors (Lipinski definition) is 5. The molecule has 0 bridgehead atoms. The lowest BCUT2D eigenvalue weighted by Crippen LogP contribution is -2.35. The van der Waals surface area contributed by atoms with Crippen molar-refractivity contribution in [2.45, 2.75) is 12.8 Å². The van der Waals surface area contributed by atoms with E-state index >= 15 is 0 Å². The first-order valence-corrected chi connectivity index (χ1v) is 9.06. The van der Waals surface area contributed by atoms with Crippen LogP contribution in [0, 0.1) is 11.7 Å². The molecule has 4 rings (SSSR count). The summed E-state index contributed by atoms with van der Waals surface area (Å²) in [5, 5.41) is 4.50. The van der Waals surface area contributed by atoms with Gasteiger partial charge in [-0.05, 0) is 38.4 Å². The number of piperidine rings is 1. The summed E-state index contributed by atoms with van der Waals surface area (Å²) in [5.41, 5.74) is 1.44. The Morgan fingerprint density at radius 1 is 1.38 bits per heavy atom. The molecular weight excluding hydrogens is 355 g/mol. The Morgan fingerprint density at radius 3 is 3.12 bits per heavy atom. The van der Waals surface area contributed by atoms with Gasteiger partial charge in [0.05, 0.1) is 11.2 Å². The molecule has 1 aliphatic rings. The molecule has 0 spiro atoms. The molecule has 3 aromatic rings. The smallest absolute Gasteiger partial charge is 0.183 e. The number of H-pyrrole nitrogens is 1. The average Bonchev–Trinajstić information content (AvgIpc) is 3.04. The number of rotatable bonds is 4. The molecular formula is C18H20ClFN6. The van der Waals surface area contributed by atoms with E-state index in [0.717, 1.165) is 30.5 Å². The molecule has 6 nitrogen and oxygen atoms in total. The number of aromatic amines is 1. The SMILES string of the molecule is CN1CCCC(CNc2nc(-c3c[nH]c4ncc(Cl)cc34)ncc2F)C1. The number of halogens is 2. The van der Waals surface area contributed by atoms with E-state index in [1.165, 1.54) is 12.6 Å². The molecule has 8 heteroatoms. The minimum Gasteiger partial charge on any atom is -0.367 e. The van der Waals surface area contributed by atoms with Crippen molar-refractivity contribution in [3.63, 3.8) is 0 Å². The summed E-state index contributed by atoms with van der Waals surface area (Å²) >= 11 is 6.05. The summed E-state index contributed by atoms with van der Waals surface area (Å²) in [6, 6.07) is 1.80. The first kappa shape index (κ1) is 17.2. The fourth-order valence-electron chi connectivity index (χ4n) is 3.46. The van der Waals surface area contributed by atoms with Gasteiger partial charge in [-0.2, -0.15) is 0 Å². The van der Waals surface area contributed by atoms with Gasteiger partial charge < -0.3 is 15.2 Å². The van der Waals surface area contributed by atoms with Crippen molar-refractivity contribution in [3.05, 3.63) is 35.5 Å². The molecule has 0 amide bonds. The molecule has 1 unspecified atom stereocenters. The maximum absolute atomic E-state index is 14.2. The number of anilines is 1. The van der Waals surface area contributed by atoms with Crippen LogP contribution in [0.2, 0.25) is 5.02 Å². The maximum Gasteiger partial charge on any atom is 0.183 e. The van der Waals surface area contributed by atoms with E-state index < -0.39 is 5.82 Å². The van der Waals surface area contributed by atoms with Crippen LogP contribution in [0.3, 0.4) is 0 Å². The molecule has 1 atom stereocenters. The third-order valence-electron chi connectivity index (χ3n) is 4.76. The lowest BCUT2D eigenvalue weighted by molar-refractivity contribution is 0.217. The van der Waals surface area contributed by atoms with Gasteiger partial charge in [0.2, 0.25) is 0 Å². The van der Waals surface area contributed by atoms with Gasteiger partial charge in [-0.3, -0.25) is 0 Å². The van der Waals surface area contributed by atoms with Crippen molar-refractivity contribution < 1.29 is 4.39 Å². The molecule has 0 radical (unpaired) electrons. The van der Waals surface area contributed by atoms with Gasteiger partial charge in [-0.25, -0.2) is 19.3 Å². The highest BCUT2D eigenvalue weighted by Gasteiger charge is 2.18. The van der Waals surface area contributed by atoms with Crippen LogP contribution < -0.4 is 5.32 Å². The molecule has 136 valence electrons. The zero-order valence-corrected chi connectivity index (χ0v) is 15.2. The van der Waals surface area contributed by atoms with E-state index in [2.05, 4.69) is 37.2 Å². The fourth-order valence-corrected chi connectivity index (χ4v) is 3.62. The maximum atomic E-state index is 14.2. The van der Waals surface area contributed by atoms with Crippen molar-refractivity contribution in [3.8, 4) is 11.4 Å². The summed E-state index contributed by atoms with van der Waals surface area (Å²) in [7, 11) is 2.12. The minimum atomic E-state index is -0.450. The Kier molecular flexibility index (Phi) is 4.74. The summed E-state index contributed by atoms with van der Waals surface area (Å²) in [6.45, 7) is 2.83. The highest BCUT2D eigenvalue weighted by Crippen LogP contribution is 2.28. The molecule has 26 heavy (non-hydrogen) atoms. The molecule has 1 saturated heterocycles. The van der Waals surface area contributed by atoms with Crippen LogP contribution in [0.15, 0.2) is 24.7 Å². The van der Waals surface area contributed by atoms with Crippen molar-refractivity contribution in [1.29, 1.82) is 0 Å². The van der Waals surface area contributed by atoms with Gasteiger partial charge >= 0.3 is 0 Å². The Morgan fingerprint density at radius 2 is 2.27 bits per heavy atom. The number of hydrogen-bond donors (Lipinski definition) is 2. The predicted octanol–water partition coefficient (Wildman–Crippen LogP) is 3.57. The highest BCUT2D eigenvalue weighted by molar-refractivity contribution is 6.31. The van der Waals surface area contributed by atoms with Crippen LogP contribution >= 0.6 is 11.6 Å². The lowest BCUT2D eigenvalue weighted by Gasteiger charge is -2.29. The van der Waals surface area contributed by atoms with Crippen molar-refractivity contribution in [2.75, 3.05) is 32.0 Å². The Hall–Kier alpha value is -2.25. The molecule has 0 aliphatic carbocycles. The van der Waals surface area contributed by atoms with Gasteiger partial charge in [0.15, 0.2) is 17.5 Å². The number of aromatic nitrogens is 4. The highest BCUT2D eigenvalue weighted by atomic mass is 35.5. The molecule has 1 fully saturated rings. The normalized spacial score (nSPS) is 18.3. The van der Waals surface area contributed by atoms with Crippen LogP contribution in [0.25, 0.3) is 22.4 Å². The molecule has 0 aromatic carbocycles. The fraction of sp³-hybridized carbons (Fsp3) is 0.389. The Bertz CT molecular complexity index is 927. The predicted molar refractivity (Wildman–Crippen MR) is 101 cm³/mol. The lowest BCUT2D eigenvalue weighted by atomic mass is 9.98. The number of likely N-dealkylation sites (tertiary alicyclic amines) is 1. The second-order valence-electron chi connectivity index (χ2n) is 6.79. The van der Waals surface area contributed by atoms with Gasteiger partial charge in [-0.15, -0.1) is 0 Å². The largest absolute Gasteiger partial charge is 0.367 e. The minimum absolute atomic E-state index is 0.229. The first-order valence-electron chi connectivity index (χ1n) is 8.68. The second-order valence-corrected chi connectivity index (χ2v) is 7.23. The van der Waals surface area contributed by atoms with E-state index in [-0.39, 0.29) is 5.82 Å². The summed E-state index contributed by atoms with van der Waals surface area (Å²) in [6.07, 6.45) is 6.85. The summed E-state index contributed by atoms with van der Waals surface area (Å²) in [4.78, 5) is 18.1. The van der Waals surface area contributed by atoms with Gasteiger partial charge in [0.25, 0.3) is 0 Å². The quantitative estimate of drug-likeness (QED) is 0.730. The molecule has 3 aromatic heterocycles. The van der Waals surface area contributed by atoms with Crippen molar-refractivity contribution in [2.24, 2.45) is 5.92 Å². The van der Waals surface area contributed by atoms with Gasteiger partial charge in [-0.1, -0.05) is 11.6 Å². The van der Waals surface area contributed by atoms with Crippen LogP contribution in [0.5, 0.6) is 0 Å². The number of nitrogens with zero attached hydrogens (tertiary/aromatic N) is 4. The number of fused-ring (bicyclic) bond motifs is 1. The molecule has 2 N–H and O–H groups in total. The van der Waals surface area contributed by atoms with E-state index in [4.69, 9.17) is 11.6 Å². The Balaban J connectivity index is 1.58. The first-order chi connectivity index (χ1) is 12.6. The van der Waals surface area contributed by atoms with Gasteiger partial charge in [0, 0.05) is 36.4 Å². The third kappa shape index (κ3) is 3.50. The third-order valence-corrected chi connectivity index (χ3v) is 4.97. The second kappa shape index (κ2) is 7.17. The molecule has 1 aliphatic heterocycles. The number of nitrogens with one attached hydrogen (secondary N) is 2. The van der Waals surface area contributed by atoms with Crippen molar-refractivity contribution in [1.82, 2.24) is 24.8 Å². The number of pyridine rings is 1. The zero-order valence-electron chi connectivity index (χ0n) is 14.5. The molecule has 0 saturated carbocycles. The van der Waals surface area contributed by atoms with Crippen LogP contribution in [-0.4, -0.2) is 51.5 Å².